The molecular weight excluding hydrogens is 352 g/mol. The highest BCUT2D eigenvalue weighted by Gasteiger charge is 2.24. The van der Waals surface area contributed by atoms with E-state index < -0.39 is 0 Å². The zero-order chi connectivity index (χ0) is 19.1. The fourth-order valence-electron chi connectivity index (χ4n) is 4.50. The van der Waals surface area contributed by atoms with Gasteiger partial charge in [-0.25, -0.2) is 4.68 Å². The lowest BCUT2D eigenvalue weighted by Crippen LogP contribution is -2.40. The maximum Gasteiger partial charge on any atom is 0.267 e. The van der Waals surface area contributed by atoms with Crippen LogP contribution in [0.15, 0.2) is 35.1 Å². The normalized spacial score (nSPS) is 16.5. The Balaban J connectivity index is 1.38. The number of rotatable bonds is 2. The number of para-hydroxylation sites is 1. The standard InChI is InChI=1S/C22H24N4O2/c27-21-12-15-6-2-1-3-8-18(15)24-26(21)14-22(28)25-11-10-20-17(13-25)16-7-4-5-9-19(16)23-20/h4-5,7,9,12,23H,1-3,6,8,10-11,13-14H2. The molecule has 1 aliphatic heterocycles. The first kappa shape index (κ1) is 17.2. The van der Waals surface area contributed by atoms with Crippen LogP contribution in [0.3, 0.4) is 0 Å². The Morgan fingerprint density at radius 2 is 1.96 bits per heavy atom. The van der Waals surface area contributed by atoms with Crippen molar-refractivity contribution in [2.45, 2.75) is 51.6 Å². The highest BCUT2D eigenvalue weighted by Crippen LogP contribution is 2.27. The first-order valence-electron chi connectivity index (χ1n) is 10.2. The summed E-state index contributed by atoms with van der Waals surface area (Å²) in [4.78, 5) is 30.7. The summed E-state index contributed by atoms with van der Waals surface area (Å²) in [7, 11) is 0. The maximum atomic E-state index is 12.9. The molecule has 0 radical (unpaired) electrons. The van der Waals surface area contributed by atoms with Gasteiger partial charge in [0.25, 0.3) is 5.56 Å². The number of H-pyrrole nitrogens is 1. The van der Waals surface area contributed by atoms with Crippen LogP contribution in [0.1, 0.15) is 41.8 Å². The molecule has 0 saturated heterocycles. The minimum Gasteiger partial charge on any atom is -0.358 e. The average molecular weight is 376 g/mol. The Labute approximate surface area is 163 Å². The molecule has 0 bridgehead atoms. The van der Waals surface area contributed by atoms with Crippen molar-refractivity contribution in [2.24, 2.45) is 0 Å². The van der Waals surface area contributed by atoms with Crippen LogP contribution >= 0.6 is 0 Å². The zero-order valence-corrected chi connectivity index (χ0v) is 15.9. The van der Waals surface area contributed by atoms with Gasteiger partial charge in [-0.1, -0.05) is 24.6 Å². The second-order valence-electron chi connectivity index (χ2n) is 7.87. The Hall–Kier alpha value is -2.89. The highest BCUT2D eigenvalue weighted by molar-refractivity contribution is 5.86. The van der Waals surface area contributed by atoms with E-state index in [1.165, 1.54) is 27.7 Å². The molecule has 1 N–H and O–H groups in total. The first-order chi connectivity index (χ1) is 13.7. The number of nitrogens with one attached hydrogen (secondary N) is 1. The van der Waals surface area contributed by atoms with Crippen molar-refractivity contribution in [1.82, 2.24) is 19.7 Å². The minimum absolute atomic E-state index is 0.0177. The molecule has 0 unspecified atom stereocenters. The lowest BCUT2D eigenvalue weighted by molar-refractivity contribution is -0.133. The van der Waals surface area contributed by atoms with Crippen LogP contribution < -0.4 is 5.56 Å². The number of benzene rings is 1. The average Bonchev–Trinajstić information content (AvgIpc) is 2.93. The van der Waals surface area contributed by atoms with Gasteiger partial charge in [-0.2, -0.15) is 5.10 Å². The molecule has 1 aromatic carbocycles. The number of carbonyl (C=O) groups excluding carboxylic acids is 1. The summed E-state index contributed by atoms with van der Waals surface area (Å²) in [5.74, 6) is -0.0425. The molecule has 0 saturated carbocycles. The van der Waals surface area contributed by atoms with Gasteiger partial charge in [-0.15, -0.1) is 0 Å². The third-order valence-electron chi connectivity index (χ3n) is 6.04. The predicted octanol–water partition coefficient (Wildman–Crippen LogP) is 2.58. The van der Waals surface area contributed by atoms with Crippen LogP contribution in [0.5, 0.6) is 0 Å². The number of aryl methyl sites for hydroxylation is 2. The fourth-order valence-corrected chi connectivity index (χ4v) is 4.50. The number of hydrogen-bond acceptors (Lipinski definition) is 3. The van der Waals surface area contributed by atoms with Crippen molar-refractivity contribution in [3.8, 4) is 0 Å². The number of nitrogens with zero attached hydrogens (tertiary/aromatic N) is 3. The smallest absolute Gasteiger partial charge is 0.267 e. The van der Waals surface area contributed by atoms with Crippen LogP contribution in [-0.4, -0.2) is 32.1 Å². The quantitative estimate of drug-likeness (QED) is 0.699. The van der Waals surface area contributed by atoms with Crippen LogP contribution in [0.4, 0.5) is 0 Å². The van der Waals surface area contributed by atoms with Gasteiger partial charge in [0.2, 0.25) is 5.91 Å². The van der Waals surface area contributed by atoms with Gasteiger partial charge in [0.05, 0.1) is 5.69 Å². The summed E-state index contributed by atoms with van der Waals surface area (Å²) in [6, 6.07) is 9.89. The van der Waals surface area contributed by atoms with Crippen molar-refractivity contribution >= 4 is 16.8 Å². The Morgan fingerprint density at radius 3 is 2.89 bits per heavy atom. The summed E-state index contributed by atoms with van der Waals surface area (Å²) in [6.45, 7) is 1.26. The summed E-state index contributed by atoms with van der Waals surface area (Å²) in [5.41, 5.74) is 5.40. The van der Waals surface area contributed by atoms with Crippen molar-refractivity contribution in [1.29, 1.82) is 0 Å². The molecule has 144 valence electrons. The number of carbonyl (C=O) groups is 1. The molecule has 5 rings (SSSR count). The van der Waals surface area contributed by atoms with Crippen LogP contribution in [0, 0.1) is 0 Å². The largest absolute Gasteiger partial charge is 0.358 e. The van der Waals surface area contributed by atoms with Crippen molar-refractivity contribution < 1.29 is 4.79 Å². The molecule has 0 atom stereocenters. The molecule has 3 heterocycles. The second kappa shape index (κ2) is 6.93. The zero-order valence-electron chi connectivity index (χ0n) is 15.9. The number of aromatic amines is 1. The third kappa shape index (κ3) is 3.03. The van der Waals surface area contributed by atoms with E-state index in [2.05, 4.69) is 22.2 Å². The van der Waals surface area contributed by atoms with E-state index in [1.807, 2.05) is 17.0 Å². The van der Waals surface area contributed by atoms with E-state index in [9.17, 15) is 9.59 Å². The Kier molecular flexibility index (Phi) is 4.26. The lowest BCUT2D eigenvalue weighted by Gasteiger charge is -2.27. The maximum absolute atomic E-state index is 12.9. The molecule has 0 spiro atoms. The van der Waals surface area contributed by atoms with Crippen LogP contribution in [0.2, 0.25) is 0 Å². The third-order valence-corrected chi connectivity index (χ3v) is 6.04. The molecular formula is C22H24N4O2. The number of fused-ring (bicyclic) bond motifs is 4. The van der Waals surface area contributed by atoms with E-state index >= 15 is 0 Å². The SMILES string of the molecule is O=C(Cn1nc2c(cc1=O)CCCCC2)N1CCc2[nH]c3ccccc3c2C1. The number of hydrogen-bond donors (Lipinski definition) is 1. The molecule has 2 aliphatic rings. The summed E-state index contributed by atoms with van der Waals surface area (Å²) < 4.78 is 1.36. The van der Waals surface area contributed by atoms with E-state index in [4.69, 9.17) is 0 Å². The molecule has 3 aromatic rings. The summed E-state index contributed by atoms with van der Waals surface area (Å²) in [6.07, 6.45) is 6.00. The van der Waals surface area contributed by atoms with Gasteiger partial charge >= 0.3 is 0 Å². The van der Waals surface area contributed by atoms with Gasteiger partial charge in [-0.05, 0) is 37.3 Å². The molecule has 28 heavy (non-hydrogen) atoms. The summed E-state index contributed by atoms with van der Waals surface area (Å²) >= 11 is 0. The van der Waals surface area contributed by atoms with Crippen LogP contribution in [-0.2, 0) is 37.1 Å². The fraction of sp³-hybridized carbons (Fsp3) is 0.409. The molecule has 1 amide bonds. The molecule has 1 aliphatic carbocycles. The lowest BCUT2D eigenvalue weighted by atomic mass is 10.0. The molecule has 2 aromatic heterocycles. The molecule has 6 heteroatoms. The Morgan fingerprint density at radius 1 is 1.11 bits per heavy atom. The van der Waals surface area contributed by atoms with E-state index in [1.54, 1.807) is 6.07 Å². The molecule has 6 nitrogen and oxygen atoms in total. The van der Waals surface area contributed by atoms with Crippen molar-refractivity contribution in [2.75, 3.05) is 6.54 Å². The topological polar surface area (TPSA) is 71.0 Å². The highest BCUT2D eigenvalue weighted by atomic mass is 16.2. The minimum atomic E-state index is -0.168. The van der Waals surface area contributed by atoms with Crippen LogP contribution in [0.25, 0.3) is 10.9 Å². The monoisotopic (exact) mass is 376 g/mol. The van der Waals surface area contributed by atoms with E-state index in [0.29, 0.717) is 13.1 Å². The Bertz CT molecular complexity index is 1110. The predicted molar refractivity (Wildman–Crippen MR) is 107 cm³/mol. The van der Waals surface area contributed by atoms with Gasteiger partial charge in [0, 0.05) is 47.7 Å². The first-order valence-corrected chi connectivity index (χ1v) is 10.2. The summed E-state index contributed by atoms with van der Waals surface area (Å²) in [5, 5.41) is 5.72. The molecule has 0 fully saturated rings. The second-order valence-corrected chi connectivity index (χ2v) is 7.87. The van der Waals surface area contributed by atoms with Crippen molar-refractivity contribution in [3.63, 3.8) is 0 Å². The number of amides is 1. The van der Waals surface area contributed by atoms with Gasteiger partial charge in [0.15, 0.2) is 0 Å². The van der Waals surface area contributed by atoms with Gasteiger partial charge in [-0.3, -0.25) is 9.59 Å². The van der Waals surface area contributed by atoms with E-state index in [0.717, 1.165) is 48.9 Å². The van der Waals surface area contributed by atoms with Crippen molar-refractivity contribution in [3.05, 3.63) is 63.2 Å². The number of aromatic nitrogens is 3. The van der Waals surface area contributed by atoms with Gasteiger partial charge in [0.1, 0.15) is 6.54 Å². The van der Waals surface area contributed by atoms with E-state index in [-0.39, 0.29) is 18.0 Å². The van der Waals surface area contributed by atoms with Gasteiger partial charge < -0.3 is 9.88 Å².